The van der Waals surface area contributed by atoms with E-state index >= 15 is 0 Å². The van der Waals surface area contributed by atoms with Crippen molar-refractivity contribution < 1.29 is 14.3 Å². The van der Waals surface area contributed by atoms with Crippen molar-refractivity contribution in [2.45, 2.75) is 38.0 Å². The third-order valence-electron chi connectivity index (χ3n) is 4.05. The largest absolute Gasteiger partial charge is 0.388 e. The molecule has 2 rings (SSSR count). The molecule has 2 aromatic carbocycles. The van der Waals surface area contributed by atoms with Crippen LogP contribution in [0.1, 0.15) is 37.5 Å². The van der Waals surface area contributed by atoms with Crippen LogP contribution in [0.25, 0.3) is 0 Å². The second kappa shape index (κ2) is 8.94. The van der Waals surface area contributed by atoms with Crippen LogP contribution in [0.4, 0.5) is 4.39 Å². The highest BCUT2D eigenvalue weighted by Crippen LogP contribution is 2.21. The van der Waals surface area contributed by atoms with Gasteiger partial charge in [-0.2, -0.15) is 0 Å². The minimum absolute atomic E-state index is 0. The van der Waals surface area contributed by atoms with Crippen LogP contribution in [0.2, 0.25) is 0 Å². The zero-order valence-electron chi connectivity index (χ0n) is 14.3. The van der Waals surface area contributed by atoms with Crippen molar-refractivity contribution in [1.29, 1.82) is 0 Å². The van der Waals surface area contributed by atoms with Gasteiger partial charge < -0.3 is 16.2 Å². The fraction of sp³-hybridized carbons (Fsp3) is 0.316. The number of benzene rings is 2. The SMILES string of the molecule is CC(CC(O)c1ccc(F)cc1)NC(=O)C(C)(N)c1ccccc1.Cl. The van der Waals surface area contributed by atoms with Gasteiger partial charge in [-0.05, 0) is 43.5 Å². The summed E-state index contributed by atoms with van der Waals surface area (Å²) in [6.45, 7) is 3.45. The topological polar surface area (TPSA) is 75.3 Å². The first-order valence-corrected chi connectivity index (χ1v) is 7.89. The van der Waals surface area contributed by atoms with Crippen LogP contribution in [0, 0.1) is 5.82 Å². The molecular formula is C19H24ClFN2O2. The number of hydrogen-bond donors (Lipinski definition) is 3. The maximum Gasteiger partial charge on any atom is 0.244 e. The second-order valence-corrected chi connectivity index (χ2v) is 6.25. The lowest BCUT2D eigenvalue weighted by Crippen LogP contribution is -2.51. The standard InChI is InChI=1S/C19H23FN2O2.ClH/c1-13(12-17(23)14-8-10-16(20)11-9-14)22-18(24)19(2,21)15-6-4-3-5-7-15;/h3-11,13,17,23H,12,21H2,1-2H3,(H,22,24);1H. The molecular weight excluding hydrogens is 343 g/mol. The summed E-state index contributed by atoms with van der Waals surface area (Å²) in [4.78, 5) is 12.5. The molecule has 0 aromatic heterocycles. The number of nitrogens with two attached hydrogens (primary N) is 1. The lowest BCUT2D eigenvalue weighted by atomic mass is 9.91. The lowest BCUT2D eigenvalue weighted by Gasteiger charge is -2.27. The number of halogens is 2. The Bertz CT molecular complexity index is 678. The molecule has 3 unspecified atom stereocenters. The van der Waals surface area contributed by atoms with Crippen molar-refractivity contribution in [2.75, 3.05) is 0 Å². The van der Waals surface area contributed by atoms with Crippen LogP contribution < -0.4 is 11.1 Å². The predicted octanol–water partition coefficient (Wildman–Crippen LogP) is 3.05. The number of carbonyl (C=O) groups is 1. The number of amides is 1. The second-order valence-electron chi connectivity index (χ2n) is 6.25. The van der Waals surface area contributed by atoms with E-state index in [1.807, 2.05) is 18.2 Å². The van der Waals surface area contributed by atoms with E-state index in [1.165, 1.54) is 24.3 Å². The normalized spacial score (nSPS) is 15.4. The van der Waals surface area contributed by atoms with Crippen LogP contribution in [-0.2, 0) is 10.3 Å². The highest BCUT2D eigenvalue weighted by atomic mass is 35.5. The number of carbonyl (C=O) groups excluding carboxylic acids is 1. The monoisotopic (exact) mass is 366 g/mol. The van der Waals surface area contributed by atoms with E-state index in [-0.39, 0.29) is 30.2 Å². The van der Waals surface area contributed by atoms with Gasteiger partial charge in [0.05, 0.1) is 6.10 Å². The predicted molar refractivity (Wildman–Crippen MR) is 98.8 cm³/mol. The van der Waals surface area contributed by atoms with Gasteiger partial charge in [-0.3, -0.25) is 4.79 Å². The summed E-state index contributed by atoms with van der Waals surface area (Å²) in [5, 5.41) is 13.0. The first-order chi connectivity index (χ1) is 11.3. The van der Waals surface area contributed by atoms with Crippen LogP contribution in [0.3, 0.4) is 0 Å². The Morgan fingerprint density at radius 1 is 1.20 bits per heavy atom. The first-order valence-electron chi connectivity index (χ1n) is 7.89. The molecule has 6 heteroatoms. The summed E-state index contributed by atoms with van der Waals surface area (Å²) in [6, 6.07) is 14.5. The highest BCUT2D eigenvalue weighted by Gasteiger charge is 2.31. The van der Waals surface area contributed by atoms with Crippen molar-refractivity contribution in [1.82, 2.24) is 5.32 Å². The molecule has 0 aliphatic rings. The van der Waals surface area contributed by atoms with Gasteiger partial charge in [0.25, 0.3) is 0 Å². The Kier molecular flexibility index (Phi) is 7.55. The van der Waals surface area contributed by atoms with E-state index in [0.29, 0.717) is 17.5 Å². The molecule has 25 heavy (non-hydrogen) atoms. The minimum atomic E-state index is -1.16. The summed E-state index contributed by atoms with van der Waals surface area (Å²) in [5.41, 5.74) is 6.34. The maximum atomic E-state index is 12.9. The molecule has 0 spiro atoms. The van der Waals surface area contributed by atoms with Crippen LogP contribution in [-0.4, -0.2) is 17.1 Å². The Morgan fingerprint density at radius 2 is 1.76 bits per heavy atom. The summed E-state index contributed by atoms with van der Waals surface area (Å²) in [7, 11) is 0. The van der Waals surface area contributed by atoms with Gasteiger partial charge in [0.1, 0.15) is 11.4 Å². The van der Waals surface area contributed by atoms with Crippen LogP contribution >= 0.6 is 12.4 Å². The first kappa shape index (κ1) is 21.1. The van der Waals surface area contributed by atoms with Crippen LogP contribution in [0.5, 0.6) is 0 Å². The Labute approximate surface area is 153 Å². The van der Waals surface area contributed by atoms with Gasteiger partial charge in [0, 0.05) is 6.04 Å². The van der Waals surface area contributed by atoms with Crippen molar-refractivity contribution in [2.24, 2.45) is 5.73 Å². The fourth-order valence-corrected chi connectivity index (χ4v) is 2.50. The van der Waals surface area contributed by atoms with Gasteiger partial charge >= 0.3 is 0 Å². The van der Waals surface area contributed by atoms with E-state index in [9.17, 15) is 14.3 Å². The number of aliphatic hydroxyl groups is 1. The Hall–Kier alpha value is -1.95. The molecule has 0 fully saturated rings. The average Bonchev–Trinajstić information content (AvgIpc) is 2.56. The van der Waals surface area contributed by atoms with Gasteiger partial charge in [-0.15, -0.1) is 12.4 Å². The quantitative estimate of drug-likeness (QED) is 0.735. The lowest BCUT2D eigenvalue weighted by molar-refractivity contribution is -0.126. The minimum Gasteiger partial charge on any atom is -0.388 e. The molecule has 2 aromatic rings. The fourth-order valence-electron chi connectivity index (χ4n) is 2.50. The smallest absolute Gasteiger partial charge is 0.244 e. The van der Waals surface area contributed by atoms with E-state index in [1.54, 1.807) is 26.0 Å². The van der Waals surface area contributed by atoms with Crippen molar-refractivity contribution in [3.63, 3.8) is 0 Å². The third kappa shape index (κ3) is 5.53. The molecule has 0 radical (unpaired) electrons. The molecule has 3 atom stereocenters. The number of aliphatic hydroxyl groups excluding tert-OH is 1. The molecule has 0 saturated carbocycles. The van der Waals surface area contributed by atoms with E-state index in [2.05, 4.69) is 5.32 Å². The Morgan fingerprint density at radius 3 is 2.32 bits per heavy atom. The third-order valence-corrected chi connectivity index (χ3v) is 4.05. The molecule has 0 aliphatic heterocycles. The van der Waals surface area contributed by atoms with E-state index in [4.69, 9.17) is 5.73 Å². The maximum absolute atomic E-state index is 12.9. The van der Waals surface area contributed by atoms with E-state index in [0.717, 1.165) is 0 Å². The van der Waals surface area contributed by atoms with Gasteiger partial charge in [0.15, 0.2) is 0 Å². The van der Waals surface area contributed by atoms with Gasteiger partial charge in [0.2, 0.25) is 5.91 Å². The number of hydrogen-bond acceptors (Lipinski definition) is 3. The van der Waals surface area contributed by atoms with E-state index < -0.39 is 11.6 Å². The molecule has 0 aliphatic carbocycles. The summed E-state index contributed by atoms with van der Waals surface area (Å²) >= 11 is 0. The number of rotatable bonds is 6. The molecule has 1 amide bonds. The summed E-state index contributed by atoms with van der Waals surface area (Å²) in [6.07, 6.45) is -0.482. The van der Waals surface area contributed by atoms with Crippen molar-refractivity contribution in [3.8, 4) is 0 Å². The molecule has 0 saturated heterocycles. The molecule has 0 bridgehead atoms. The number of nitrogens with one attached hydrogen (secondary N) is 1. The van der Waals surface area contributed by atoms with Gasteiger partial charge in [-0.25, -0.2) is 4.39 Å². The molecule has 0 heterocycles. The summed E-state index contributed by atoms with van der Waals surface area (Å²) < 4.78 is 12.9. The zero-order valence-corrected chi connectivity index (χ0v) is 15.1. The Balaban J connectivity index is 0.00000312. The van der Waals surface area contributed by atoms with Gasteiger partial charge in [-0.1, -0.05) is 42.5 Å². The summed E-state index contributed by atoms with van der Waals surface area (Å²) in [5.74, 6) is -0.665. The molecule has 4 nitrogen and oxygen atoms in total. The zero-order chi connectivity index (χ0) is 17.7. The molecule has 4 N–H and O–H groups in total. The van der Waals surface area contributed by atoms with Crippen molar-refractivity contribution in [3.05, 3.63) is 71.5 Å². The highest BCUT2D eigenvalue weighted by molar-refractivity contribution is 5.87. The molecule has 136 valence electrons. The van der Waals surface area contributed by atoms with Crippen LogP contribution in [0.15, 0.2) is 54.6 Å². The average molecular weight is 367 g/mol. The van der Waals surface area contributed by atoms with Crippen molar-refractivity contribution >= 4 is 18.3 Å².